The summed E-state index contributed by atoms with van der Waals surface area (Å²) in [6.45, 7) is 8.48. The number of thiophene rings is 1. The van der Waals surface area contributed by atoms with Gasteiger partial charge in [0, 0.05) is 30.5 Å². The monoisotopic (exact) mass is 481 g/mol. The summed E-state index contributed by atoms with van der Waals surface area (Å²) in [5.74, 6) is -0.622. The van der Waals surface area contributed by atoms with Crippen LogP contribution in [0.3, 0.4) is 0 Å². The quantitative estimate of drug-likeness (QED) is 0.531. The fraction of sp³-hybridized carbons (Fsp3) is 0.423. The molecule has 0 radical (unpaired) electrons. The average molecular weight is 482 g/mol. The van der Waals surface area contributed by atoms with Crippen LogP contribution >= 0.6 is 11.3 Å². The van der Waals surface area contributed by atoms with Crippen molar-refractivity contribution < 1.29 is 19.2 Å². The third kappa shape index (κ3) is 4.93. The van der Waals surface area contributed by atoms with Crippen molar-refractivity contribution in [2.75, 3.05) is 6.54 Å². The Bertz CT molecular complexity index is 1150. The molecule has 1 aliphatic heterocycles. The molecule has 7 nitrogen and oxygen atoms in total. The number of aryl methyl sites for hydroxylation is 2. The summed E-state index contributed by atoms with van der Waals surface area (Å²) < 4.78 is 5.26. The number of benzene rings is 1. The Hall–Kier alpha value is -2.97. The molecular formula is C26H31N3O4S. The van der Waals surface area contributed by atoms with Gasteiger partial charge in [0.05, 0.1) is 12.3 Å². The molecule has 2 N–H and O–H groups in total. The van der Waals surface area contributed by atoms with Gasteiger partial charge < -0.3 is 19.8 Å². The molecule has 0 aliphatic carbocycles. The molecule has 3 heterocycles. The maximum absolute atomic E-state index is 13.4. The highest BCUT2D eigenvalue weighted by atomic mass is 32.1. The van der Waals surface area contributed by atoms with Crippen LogP contribution in [-0.2, 0) is 16.1 Å². The van der Waals surface area contributed by atoms with E-state index < -0.39 is 18.1 Å². The second-order valence-corrected chi connectivity index (χ2v) is 10.2. The van der Waals surface area contributed by atoms with Crippen molar-refractivity contribution in [3.63, 3.8) is 0 Å². The van der Waals surface area contributed by atoms with Crippen LogP contribution in [0.4, 0.5) is 0 Å². The summed E-state index contributed by atoms with van der Waals surface area (Å²) in [4.78, 5) is 29.3. The van der Waals surface area contributed by atoms with E-state index >= 15 is 0 Å². The number of aliphatic hydroxyl groups is 1. The highest BCUT2D eigenvalue weighted by molar-refractivity contribution is 7.13. The summed E-state index contributed by atoms with van der Waals surface area (Å²) in [5.41, 5.74) is 4.53. The van der Waals surface area contributed by atoms with Crippen LogP contribution < -0.4 is 5.32 Å². The number of amides is 2. The van der Waals surface area contributed by atoms with Crippen LogP contribution in [0, 0.1) is 19.8 Å². The van der Waals surface area contributed by atoms with Crippen LogP contribution in [0.1, 0.15) is 48.6 Å². The van der Waals surface area contributed by atoms with Gasteiger partial charge in [-0.1, -0.05) is 37.2 Å². The van der Waals surface area contributed by atoms with Crippen molar-refractivity contribution >= 4 is 23.2 Å². The average Bonchev–Trinajstić information content (AvgIpc) is 3.54. The number of β-amino-alcohol motifs (C(OH)–C–C–N with tert-alkyl or cyclic N) is 1. The predicted octanol–water partition coefficient (Wildman–Crippen LogP) is 4.04. The van der Waals surface area contributed by atoms with E-state index in [1.54, 1.807) is 17.4 Å². The summed E-state index contributed by atoms with van der Waals surface area (Å²) in [5, 5.41) is 19.1. The first-order valence-electron chi connectivity index (χ1n) is 11.6. The molecular weight excluding hydrogens is 450 g/mol. The van der Waals surface area contributed by atoms with Crippen molar-refractivity contribution in [1.29, 1.82) is 0 Å². The number of aliphatic hydroxyl groups excluding tert-OH is 1. The number of nitrogens with one attached hydrogen (secondary N) is 1. The Morgan fingerprint density at radius 2 is 2.03 bits per heavy atom. The zero-order valence-corrected chi connectivity index (χ0v) is 20.8. The lowest BCUT2D eigenvalue weighted by Gasteiger charge is -2.28. The second-order valence-electron chi connectivity index (χ2n) is 9.32. The van der Waals surface area contributed by atoms with E-state index in [2.05, 4.69) is 41.0 Å². The first-order chi connectivity index (χ1) is 16.3. The maximum Gasteiger partial charge on any atom is 0.243 e. The van der Waals surface area contributed by atoms with Crippen LogP contribution in [-0.4, -0.2) is 45.7 Å². The van der Waals surface area contributed by atoms with Crippen LogP contribution in [0.2, 0.25) is 0 Å². The molecule has 3 aromatic rings. The number of likely N-dealkylation sites (tertiary alicyclic amines) is 1. The number of carbonyl (C=O) groups is 2. The molecule has 8 heteroatoms. The first kappa shape index (κ1) is 24.2. The second kappa shape index (κ2) is 10.1. The largest absolute Gasteiger partial charge is 0.391 e. The Morgan fingerprint density at radius 1 is 1.24 bits per heavy atom. The lowest BCUT2D eigenvalue weighted by Crippen LogP contribution is -2.48. The fourth-order valence-electron chi connectivity index (χ4n) is 4.61. The first-order valence-corrected chi connectivity index (χ1v) is 12.4. The van der Waals surface area contributed by atoms with Gasteiger partial charge in [-0.05, 0) is 53.5 Å². The molecule has 2 amide bonds. The summed E-state index contributed by atoms with van der Waals surface area (Å²) in [6, 6.07) is 9.31. The van der Waals surface area contributed by atoms with Crippen molar-refractivity contribution in [3.05, 3.63) is 64.4 Å². The summed E-state index contributed by atoms with van der Waals surface area (Å²) in [6.07, 6.45) is 0.986. The van der Waals surface area contributed by atoms with Gasteiger partial charge in [-0.2, -0.15) is 0 Å². The molecule has 4 rings (SSSR count). The number of hydrogen-bond acceptors (Lipinski definition) is 6. The van der Waals surface area contributed by atoms with Gasteiger partial charge in [0.2, 0.25) is 11.8 Å². The van der Waals surface area contributed by atoms with Gasteiger partial charge in [0.15, 0.2) is 0 Å². The van der Waals surface area contributed by atoms with Gasteiger partial charge in [0.25, 0.3) is 0 Å². The summed E-state index contributed by atoms with van der Waals surface area (Å²) >= 11 is 1.72. The molecule has 180 valence electrons. The minimum atomic E-state index is -0.739. The highest BCUT2D eigenvalue weighted by Crippen LogP contribution is 2.32. The molecule has 0 unspecified atom stereocenters. The minimum Gasteiger partial charge on any atom is -0.391 e. The van der Waals surface area contributed by atoms with Gasteiger partial charge in [-0.3, -0.25) is 9.59 Å². The zero-order chi connectivity index (χ0) is 24.4. The third-order valence-electron chi connectivity index (χ3n) is 6.48. The van der Waals surface area contributed by atoms with E-state index in [0.717, 1.165) is 11.1 Å². The van der Waals surface area contributed by atoms with Gasteiger partial charge in [-0.25, -0.2) is 0 Å². The minimum absolute atomic E-state index is 0.0462. The van der Waals surface area contributed by atoms with Gasteiger partial charge >= 0.3 is 0 Å². The van der Waals surface area contributed by atoms with E-state index in [-0.39, 0.29) is 30.7 Å². The van der Waals surface area contributed by atoms with Crippen LogP contribution in [0.15, 0.2) is 46.4 Å². The molecule has 1 aliphatic rings. The third-order valence-corrected chi connectivity index (χ3v) is 7.55. The molecule has 3 atom stereocenters. The van der Waals surface area contributed by atoms with Crippen molar-refractivity contribution in [1.82, 2.24) is 15.4 Å². The number of hydrogen-bond donors (Lipinski definition) is 2. The van der Waals surface area contributed by atoms with Gasteiger partial charge in [-0.15, -0.1) is 11.3 Å². The Morgan fingerprint density at radius 3 is 2.65 bits per heavy atom. The number of carbonyl (C=O) groups excluding carboxylic acids is 2. The molecule has 1 aromatic carbocycles. The smallest absolute Gasteiger partial charge is 0.243 e. The standard InChI is InChI=1S/C26H31N3O4S/c1-15(2)23(22-7-9-28-33-22)26(32)29-14-20(30)12-21(29)25(31)27-13-19-6-5-18(11-17(19)4)24-16(3)8-10-34-24/h5-11,15,20-21,23,30H,12-14H2,1-4H3,(H,27,31)/t20-,21+,23-/m1/s1. The molecule has 34 heavy (non-hydrogen) atoms. The molecule has 0 saturated carbocycles. The maximum atomic E-state index is 13.4. The van der Waals surface area contributed by atoms with E-state index in [0.29, 0.717) is 12.3 Å². The Kier molecular flexibility index (Phi) is 7.19. The molecule has 0 spiro atoms. The molecule has 0 bridgehead atoms. The van der Waals surface area contributed by atoms with Crippen LogP contribution in [0.5, 0.6) is 0 Å². The lowest BCUT2D eigenvalue weighted by molar-refractivity contribution is -0.141. The Balaban J connectivity index is 1.45. The number of rotatable bonds is 7. The molecule has 1 fully saturated rings. The van der Waals surface area contributed by atoms with Crippen molar-refractivity contribution in [2.24, 2.45) is 5.92 Å². The Labute approximate surface area is 203 Å². The SMILES string of the molecule is Cc1cc(-c2sccc2C)ccc1CNC(=O)[C@@H]1C[C@@H](O)CN1C(=O)[C@@H](c1ccno1)C(C)C. The van der Waals surface area contributed by atoms with E-state index in [9.17, 15) is 14.7 Å². The fourth-order valence-corrected chi connectivity index (χ4v) is 5.54. The van der Waals surface area contributed by atoms with Crippen LogP contribution in [0.25, 0.3) is 10.4 Å². The highest BCUT2D eigenvalue weighted by Gasteiger charge is 2.43. The van der Waals surface area contributed by atoms with E-state index in [4.69, 9.17) is 4.52 Å². The normalized spacial score (nSPS) is 18.9. The van der Waals surface area contributed by atoms with Crippen molar-refractivity contribution in [2.45, 2.75) is 58.7 Å². The number of nitrogens with zero attached hydrogens (tertiary/aromatic N) is 2. The van der Waals surface area contributed by atoms with E-state index in [1.165, 1.54) is 27.1 Å². The lowest BCUT2D eigenvalue weighted by atomic mass is 9.91. The van der Waals surface area contributed by atoms with Gasteiger partial charge in [0.1, 0.15) is 17.7 Å². The van der Waals surface area contributed by atoms with Crippen molar-refractivity contribution in [3.8, 4) is 10.4 Å². The topological polar surface area (TPSA) is 95.7 Å². The molecule has 1 saturated heterocycles. The zero-order valence-electron chi connectivity index (χ0n) is 19.9. The number of aromatic nitrogens is 1. The molecule has 2 aromatic heterocycles. The predicted molar refractivity (Wildman–Crippen MR) is 131 cm³/mol. The summed E-state index contributed by atoms with van der Waals surface area (Å²) in [7, 11) is 0. The van der Waals surface area contributed by atoms with E-state index in [1.807, 2.05) is 26.8 Å².